The Labute approximate surface area is 199 Å². The van der Waals surface area contributed by atoms with Gasteiger partial charge in [-0.2, -0.15) is 0 Å². The molecule has 182 valence electrons. The SMILES string of the molecule is CC(O)c1c(N)ccc(C(C(Cc2ccccc2)c2ccc(S(C)(=O)=O)cc2)S(N)(=O)=O)c1O. The summed E-state index contributed by atoms with van der Waals surface area (Å²) in [5, 5.41) is 25.4. The highest BCUT2D eigenvalue weighted by atomic mass is 32.2. The van der Waals surface area contributed by atoms with Crippen LogP contribution < -0.4 is 10.9 Å². The molecule has 0 aromatic heterocycles. The van der Waals surface area contributed by atoms with Crippen molar-refractivity contribution in [2.75, 3.05) is 12.0 Å². The molecule has 0 radical (unpaired) electrons. The summed E-state index contributed by atoms with van der Waals surface area (Å²) < 4.78 is 49.7. The number of nitrogens with two attached hydrogens (primary N) is 2. The van der Waals surface area contributed by atoms with Gasteiger partial charge >= 0.3 is 0 Å². The summed E-state index contributed by atoms with van der Waals surface area (Å²) in [6.07, 6.45) is 0.164. The van der Waals surface area contributed by atoms with Crippen LogP contribution in [0.25, 0.3) is 0 Å². The highest BCUT2D eigenvalue weighted by Gasteiger charge is 2.37. The van der Waals surface area contributed by atoms with Crippen LogP contribution in [0.3, 0.4) is 0 Å². The van der Waals surface area contributed by atoms with Crippen molar-refractivity contribution < 1.29 is 27.0 Å². The van der Waals surface area contributed by atoms with E-state index in [9.17, 15) is 27.0 Å². The van der Waals surface area contributed by atoms with Gasteiger partial charge in [-0.25, -0.2) is 22.0 Å². The monoisotopic (exact) mass is 504 g/mol. The van der Waals surface area contributed by atoms with Gasteiger partial charge in [-0.3, -0.25) is 0 Å². The third-order valence-corrected chi connectivity index (χ3v) is 8.18. The molecule has 3 unspecified atom stereocenters. The van der Waals surface area contributed by atoms with Gasteiger partial charge in [0.1, 0.15) is 11.0 Å². The number of aliphatic hydroxyl groups excluding tert-OH is 1. The number of phenols is 1. The third kappa shape index (κ3) is 5.58. The molecule has 0 fully saturated rings. The molecular weight excluding hydrogens is 476 g/mol. The van der Waals surface area contributed by atoms with E-state index in [4.69, 9.17) is 10.9 Å². The summed E-state index contributed by atoms with van der Waals surface area (Å²) in [7, 11) is -7.76. The fraction of sp³-hybridized carbons (Fsp3) is 0.250. The first-order chi connectivity index (χ1) is 15.8. The van der Waals surface area contributed by atoms with E-state index in [1.807, 2.05) is 30.3 Å². The van der Waals surface area contributed by atoms with Crippen LogP contribution in [0.5, 0.6) is 5.75 Å². The second-order valence-corrected chi connectivity index (χ2v) is 12.0. The number of aromatic hydroxyl groups is 1. The Hall–Kier alpha value is -2.92. The molecule has 3 rings (SSSR count). The van der Waals surface area contributed by atoms with Crippen molar-refractivity contribution in [1.82, 2.24) is 0 Å². The van der Waals surface area contributed by atoms with E-state index in [0.29, 0.717) is 5.56 Å². The molecule has 3 aromatic carbocycles. The minimum Gasteiger partial charge on any atom is -0.507 e. The number of benzene rings is 3. The number of aliphatic hydroxyl groups is 1. The second kappa shape index (κ2) is 9.75. The summed E-state index contributed by atoms with van der Waals surface area (Å²) in [5.74, 6) is -1.23. The van der Waals surface area contributed by atoms with Gasteiger partial charge in [-0.05, 0) is 42.7 Å². The number of sulfone groups is 1. The van der Waals surface area contributed by atoms with Gasteiger partial charge in [0.15, 0.2) is 9.84 Å². The van der Waals surface area contributed by atoms with Crippen LogP contribution >= 0.6 is 0 Å². The van der Waals surface area contributed by atoms with E-state index in [0.717, 1.165) is 11.8 Å². The molecule has 0 heterocycles. The van der Waals surface area contributed by atoms with Gasteiger partial charge < -0.3 is 15.9 Å². The maximum Gasteiger partial charge on any atom is 0.216 e. The van der Waals surface area contributed by atoms with Crippen LogP contribution in [0, 0.1) is 0 Å². The van der Waals surface area contributed by atoms with Gasteiger partial charge in [0.05, 0.1) is 11.0 Å². The first-order valence-corrected chi connectivity index (χ1v) is 14.0. The molecule has 0 saturated heterocycles. The smallest absolute Gasteiger partial charge is 0.216 e. The van der Waals surface area contributed by atoms with E-state index >= 15 is 0 Å². The lowest BCUT2D eigenvalue weighted by atomic mass is 9.85. The summed E-state index contributed by atoms with van der Waals surface area (Å²) in [4.78, 5) is 0.0913. The highest BCUT2D eigenvalue weighted by Crippen LogP contribution is 2.45. The van der Waals surface area contributed by atoms with Gasteiger partial charge in [0.2, 0.25) is 10.0 Å². The Kier molecular flexibility index (Phi) is 7.37. The summed E-state index contributed by atoms with van der Waals surface area (Å²) in [6.45, 7) is 1.41. The Bertz CT molecular complexity index is 1370. The van der Waals surface area contributed by atoms with Crippen molar-refractivity contribution in [3.8, 4) is 5.75 Å². The fourth-order valence-electron chi connectivity index (χ4n) is 4.16. The summed E-state index contributed by atoms with van der Waals surface area (Å²) in [6, 6.07) is 17.9. The van der Waals surface area contributed by atoms with Crippen molar-refractivity contribution in [2.24, 2.45) is 5.14 Å². The Morgan fingerprint density at radius 2 is 1.50 bits per heavy atom. The van der Waals surface area contributed by atoms with Crippen molar-refractivity contribution in [2.45, 2.75) is 35.5 Å². The number of phenolic OH excluding ortho intramolecular Hbond substituents is 1. The summed E-state index contributed by atoms with van der Waals surface area (Å²) in [5.41, 5.74) is 7.37. The minimum atomic E-state index is -4.30. The molecule has 6 N–H and O–H groups in total. The van der Waals surface area contributed by atoms with Crippen LogP contribution in [0.15, 0.2) is 71.6 Å². The van der Waals surface area contributed by atoms with Crippen molar-refractivity contribution >= 4 is 25.5 Å². The molecule has 34 heavy (non-hydrogen) atoms. The van der Waals surface area contributed by atoms with Crippen LogP contribution in [0.1, 0.15) is 46.4 Å². The molecule has 0 saturated carbocycles. The zero-order chi connectivity index (χ0) is 25.3. The molecule has 0 aliphatic heterocycles. The molecule has 0 spiro atoms. The first kappa shape index (κ1) is 25.7. The lowest BCUT2D eigenvalue weighted by Crippen LogP contribution is -2.28. The van der Waals surface area contributed by atoms with Gasteiger partial charge in [0.25, 0.3) is 0 Å². The molecule has 0 bridgehead atoms. The molecule has 0 aliphatic rings. The molecule has 8 nitrogen and oxygen atoms in total. The lowest BCUT2D eigenvalue weighted by molar-refractivity contribution is 0.195. The largest absolute Gasteiger partial charge is 0.507 e. The Morgan fingerprint density at radius 1 is 0.912 bits per heavy atom. The predicted octanol–water partition coefficient (Wildman–Crippen LogP) is 2.79. The molecule has 3 atom stereocenters. The number of anilines is 1. The molecule has 0 amide bonds. The number of rotatable bonds is 8. The Morgan fingerprint density at radius 3 is 2.00 bits per heavy atom. The van der Waals surface area contributed by atoms with Crippen molar-refractivity contribution in [1.29, 1.82) is 0 Å². The zero-order valence-corrected chi connectivity index (χ0v) is 20.4. The first-order valence-electron chi connectivity index (χ1n) is 10.5. The quantitative estimate of drug-likeness (QED) is 0.343. The average Bonchev–Trinajstić information content (AvgIpc) is 2.74. The van der Waals surface area contributed by atoms with Gasteiger partial charge in [0, 0.05) is 29.0 Å². The van der Waals surface area contributed by atoms with Crippen LogP contribution in [-0.2, 0) is 26.3 Å². The van der Waals surface area contributed by atoms with E-state index in [1.165, 1.54) is 31.2 Å². The van der Waals surface area contributed by atoms with E-state index in [2.05, 4.69) is 0 Å². The lowest BCUT2D eigenvalue weighted by Gasteiger charge is -2.28. The second-order valence-electron chi connectivity index (χ2n) is 8.33. The number of hydrogen-bond acceptors (Lipinski definition) is 7. The van der Waals surface area contributed by atoms with E-state index in [1.54, 1.807) is 12.1 Å². The van der Waals surface area contributed by atoms with Gasteiger partial charge in [-0.1, -0.05) is 48.5 Å². The number of primary sulfonamides is 1. The van der Waals surface area contributed by atoms with E-state index in [-0.39, 0.29) is 28.1 Å². The topological polar surface area (TPSA) is 161 Å². The normalized spacial score (nSPS) is 14.9. The van der Waals surface area contributed by atoms with Crippen molar-refractivity contribution in [3.63, 3.8) is 0 Å². The average molecular weight is 505 g/mol. The van der Waals surface area contributed by atoms with E-state index < -0.39 is 42.9 Å². The fourth-order valence-corrected chi connectivity index (χ4v) is 6.05. The van der Waals surface area contributed by atoms with Crippen LogP contribution in [0.2, 0.25) is 0 Å². The molecule has 0 aliphatic carbocycles. The standard InChI is InChI=1S/C24H28N2O6S2/c1-15(27)22-21(25)13-12-19(23(22)28)24(34(26,31)32)20(14-16-6-4-3-5-7-16)17-8-10-18(11-9-17)33(2,29)30/h3-13,15,20,24,27-28H,14,25H2,1-2H3,(H2,26,31,32). The number of hydrogen-bond donors (Lipinski definition) is 4. The number of sulfonamides is 1. The molecule has 3 aromatic rings. The summed E-state index contributed by atoms with van der Waals surface area (Å²) >= 11 is 0. The zero-order valence-electron chi connectivity index (χ0n) is 18.8. The highest BCUT2D eigenvalue weighted by molar-refractivity contribution is 7.90. The maximum atomic E-state index is 13.0. The van der Waals surface area contributed by atoms with Crippen LogP contribution in [0.4, 0.5) is 5.69 Å². The van der Waals surface area contributed by atoms with Crippen molar-refractivity contribution in [3.05, 3.63) is 89.0 Å². The molecule has 10 heteroatoms. The number of nitrogen functional groups attached to an aromatic ring is 1. The van der Waals surface area contributed by atoms with Crippen LogP contribution in [-0.4, -0.2) is 33.3 Å². The Balaban J connectivity index is 2.25. The third-order valence-electron chi connectivity index (χ3n) is 5.76. The van der Waals surface area contributed by atoms with Gasteiger partial charge in [-0.15, -0.1) is 0 Å². The minimum absolute atomic E-state index is 0.000667. The maximum absolute atomic E-state index is 13.0. The predicted molar refractivity (Wildman–Crippen MR) is 131 cm³/mol. The molecular formula is C24H28N2O6S2.